The molecule has 2 aliphatic rings. The predicted octanol–water partition coefficient (Wildman–Crippen LogP) is 1.99. The molecule has 0 bridgehead atoms. The Hall–Kier alpha value is -1.34. The fraction of sp³-hybridized carbons (Fsp3) is 0.600. The first-order valence-electron chi connectivity index (χ1n) is 7.61. The van der Waals surface area contributed by atoms with Crippen LogP contribution in [0.5, 0.6) is 5.75 Å². The van der Waals surface area contributed by atoms with Crippen LogP contribution in [0.1, 0.15) is 36.7 Å². The Morgan fingerprint density at radius 3 is 3.05 bits per heavy atom. The zero-order valence-electron chi connectivity index (χ0n) is 12.5. The number of pyridine rings is 1. The van der Waals surface area contributed by atoms with Crippen LogP contribution in [-0.2, 0) is 11.3 Å². The number of carbonyl (C=O) groups excluding carboxylic acids is 1. The molecule has 3 rings (SSSR count). The van der Waals surface area contributed by atoms with Crippen LogP contribution >= 0.6 is 15.9 Å². The van der Waals surface area contributed by atoms with Crippen molar-refractivity contribution in [2.24, 2.45) is 0 Å². The van der Waals surface area contributed by atoms with Gasteiger partial charge in [-0.25, -0.2) is 0 Å². The van der Waals surface area contributed by atoms with E-state index in [4.69, 9.17) is 9.47 Å². The number of rotatable bonds is 4. The SMILES string of the molecule is CCCCOc1c2n(cc(Br)c1=O)CC1OCCCN1C2=O. The lowest BCUT2D eigenvalue weighted by molar-refractivity contribution is -0.0920. The van der Waals surface area contributed by atoms with Crippen molar-refractivity contribution in [3.05, 3.63) is 26.6 Å². The highest BCUT2D eigenvalue weighted by atomic mass is 79.9. The highest BCUT2D eigenvalue weighted by Gasteiger charge is 2.37. The molecule has 0 aliphatic carbocycles. The molecule has 6 nitrogen and oxygen atoms in total. The molecular formula is C15H19BrN2O4. The molecule has 3 heterocycles. The molecule has 7 heteroatoms. The molecule has 22 heavy (non-hydrogen) atoms. The fourth-order valence-corrected chi connectivity index (χ4v) is 3.23. The minimum Gasteiger partial charge on any atom is -0.487 e. The number of hydrogen-bond acceptors (Lipinski definition) is 4. The van der Waals surface area contributed by atoms with Crippen molar-refractivity contribution in [1.29, 1.82) is 0 Å². The van der Waals surface area contributed by atoms with Crippen LogP contribution in [0.25, 0.3) is 0 Å². The van der Waals surface area contributed by atoms with Crippen molar-refractivity contribution in [3.8, 4) is 5.75 Å². The van der Waals surface area contributed by atoms with Gasteiger partial charge in [-0.2, -0.15) is 0 Å². The van der Waals surface area contributed by atoms with E-state index in [0.717, 1.165) is 19.3 Å². The largest absolute Gasteiger partial charge is 0.487 e. The van der Waals surface area contributed by atoms with Gasteiger partial charge in [0.05, 0.1) is 24.2 Å². The molecular weight excluding hydrogens is 352 g/mol. The highest BCUT2D eigenvalue weighted by Crippen LogP contribution is 2.28. The van der Waals surface area contributed by atoms with E-state index >= 15 is 0 Å². The number of unbranched alkanes of at least 4 members (excludes halogenated alkanes) is 1. The molecule has 0 N–H and O–H groups in total. The average molecular weight is 371 g/mol. The lowest BCUT2D eigenvalue weighted by Crippen LogP contribution is -2.53. The molecule has 1 unspecified atom stereocenters. The van der Waals surface area contributed by atoms with Crippen LogP contribution < -0.4 is 10.2 Å². The van der Waals surface area contributed by atoms with Crippen LogP contribution in [0.3, 0.4) is 0 Å². The Bertz CT molecular complexity index is 643. The number of amides is 1. The third-order valence-electron chi connectivity index (χ3n) is 3.96. The minimum atomic E-state index is -0.271. The molecule has 0 saturated carbocycles. The number of carbonyl (C=O) groups is 1. The van der Waals surface area contributed by atoms with Gasteiger partial charge >= 0.3 is 0 Å². The molecule has 1 aromatic rings. The molecule has 120 valence electrons. The maximum absolute atomic E-state index is 12.8. The monoisotopic (exact) mass is 370 g/mol. The summed E-state index contributed by atoms with van der Waals surface area (Å²) in [5.41, 5.74) is 0.0677. The van der Waals surface area contributed by atoms with Crippen LogP contribution in [-0.4, -0.2) is 41.4 Å². The van der Waals surface area contributed by atoms with Gasteiger partial charge in [0, 0.05) is 12.7 Å². The van der Waals surface area contributed by atoms with Crippen LogP contribution in [0.15, 0.2) is 15.5 Å². The van der Waals surface area contributed by atoms with Crippen molar-refractivity contribution in [3.63, 3.8) is 0 Å². The number of fused-ring (bicyclic) bond motifs is 2. The second-order valence-corrected chi connectivity index (χ2v) is 6.37. The topological polar surface area (TPSA) is 60.8 Å². The summed E-state index contributed by atoms with van der Waals surface area (Å²) in [7, 11) is 0. The summed E-state index contributed by atoms with van der Waals surface area (Å²) in [4.78, 5) is 26.8. The highest BCUT2D eigenvalue weighted by molar-refractivity contribution is 9.10. The molecule has 1 amide bonds. The van der Waals surface area contributed by atoms with Gasteiger partial charge in [0.2, 0.25) is 5.43 Å². The maximum Gasteiger partial charge on any atom is 0.276 e. The van der Waals surface area contributed by atoms with Crippen molar-refractivity contribution < 1.29 is 14.3 Å². The average Bonchev–Trinajstić information content (AvgIpc) is 2.51. The molecule has 0 spiro atoms. The van der Waals surface area contributed by atoms with E-state index in [-0.39, 0.29) is 23.3 Å². The Balaban J connectivity index is 2.02. The Morgan fingerprint density at radius 2 is 2.27 bits per heavy atom. The molecule has 1 aromatic heterocycles. The summed E-state index contributed by atoms with van der Waals surface area (Å²) in [6, 6.07) is 0. The molecule has 2 aliphatic heterocycles. The Labute approximate surface area is 137 Å². The van der Waals surface area contributed by atoms with Crippen LogP contribution in [0.4, 0.5) is 0 Å². The number of hydrogen-bond donors (Lipinski definition) is 0. The number of ether oxygens (including phenoxy) is 2. The summed E-state index contributed by atoms with van der Waals surface area (Å²) >= 11 is 3.26. The van der Waals surface area contributed by atoms with Crippen molar-refractivity contribution in [2.45, 2.75) is 39.0 Å². The molecule has 0 aromatic carbocycles. The third kappa shape index (κ3) is 2.67. The summed E-state index contributed by atoms with van der Waals surface area (Å²) in [6.45, 7) is 4.31. The first-order valence-corrected chi connectivity index (χ1v) is 8.41. The van der Waals surface area contributed by atoms with Crippen LogP contribution in [0, 0.1) is 0 Å². The van der Waals surface area contributed by atoms with E-state index in [2.05, 4.69) is 15.9 Å². The van der Waals surface area contributed by atoms with Gasteiger partial charge in [-0.3, -0.25) is 9.59 Å². The van der Waals surface area contributed by atoms with Gasteiger partial charge < -0.3 is 18.9 Å². The smallest absolute Gasteiger partial charge is 0.276 e. The first kappa shape index (κ1) is 15.6. The zero-order chi connectivity index (χ0) is 15.7. The normalized spacial score (nSPS) is 20.5. The second-order valence-electron chi connectivity index (χ2n) is 5.52. The van der Waals surface area contributed by atoms with Gasteiger partial charge in [-0.1, -0.05) is 13.3 Å². The summed E-state index contributed by atoms with van der Waals surface area (Å²) in [5.74, 6) is -0.0381. The van der Waals surface area contributed by atoms with E-state index in [1.807, 2.05) is 6.92 Å². The summed E-state index contributed by atoms with van der Waals surface area (Å²) < 4.78 is 13.5. The van der Waals surface area contributed by atoms with Crippen molar-refractivity contribution >= 4 is 21.8 Å². The zero-order valence-corrected chi connectivity index (χ0v) is 14.1. The van der Waals surface area contributed by atoms with E-state index in [0.29, 0.717) is 36.5 Å². The standard InChI is InChI=1S/C15H19BrN2O4/c1-2-3-6-22-14-12-15(20)18-5-4-7-21-11(18)9-17(12)8-10(16)13(14)19/h8,11H,2-7,9H2,1H3. The molecule has 0 radical (unpaired) electrons. The fourth-order valence-electron chi connectivity index (χ4n) is 2.80. The molecule has 1 fully saturated rings. The number of aromatic nitrogens is 1. The van der Waals surface area contributed by atoms with Gasteiger partial charge in [0.25, 0.3) is 5.91 Å². The Kier molecular flexibility index (Phi) is 4.54. The lowest BCUT2D eigenvalue weighted by atomic mass is 10.1. The summed E-state index contributed by atoms with van der Waals surface area (Å²) in [5, 5.41) is 0. The minimum absolute atomic E-state index is 0.150. The Morgan fingerprint density at radius 1 is 1.45 bits per heavy atom. The van der Waals surface area contributed by atoms with Gasteiger partial charge in [0.15, 0.2) is 17.7 Å². The van der Waals surface area contributed by atoms with E-state index < -0.39 is 0 Å². The van der Waals surface area contributed by atoms with Gasteiger partial charge in [-0.05, 0) is 28.8 Å². The van der Waals surface area contributed by atoms with Crippen molar-refractivity contribution in [1.82, 2.24) is 9.47 Å². The lowest BCUT2D eigenvalue weighted by Gasteiger charge is -2.40. The van der Waals surface area contributed by atoms with E-state index in [1.165, 1.54) is 0 Å². The quantitative estimate of drug-likeness (QED) is 0.760. The molecule has 1 atom stereocenters. The second kappa shape index (κ2) is 6.42. The number of halogens is 1. The van der Waals surface area contributed by atoms with E-state index in [1.54, 1.807) is 15.7 Å². The van der Waals surface area contributed by atoms with Gasteiger partial charge in [-0.15, -0.1) is 0 Å². The first-order chi connectivity index (χ1) is 10.6. The molecule has 1 saturated heterocycles. The van der Waals surface area contributed by atoms with E-state index in [9.17, 15) is 9.59 Å². The maximum atomic E-state index is 12.8. The number of nitrogens with zero attached hydrogens (tertiary/aromatic N) is 2. The third-order valence-corrected chi connectivity index (χ3v) is 4.52. The van der Waals surface area contributed by atoms with Crippen molar-refractivity contribution in [2.75, 3.05) is 19.8 Å². The van der Waals surface area contributed by atoms with Crippen LogP contribution in [0.2, 0.25) is 0 Å². The predicted molar refractivity (Wildman–Crippen MR) is 84.2 cm³/mol. The summed E-state index contributed by atoms with van der Waals surface area (Å²) in [6.07, 6.45) is 4.02. The van der Waals surface area contributed by atoms with Gasteiger partial charge in [0.1, 0.15) is 0 Å².